The Balaban J connectivity index is 1.39. The number of fused-ring (bicyclic) bond motifs is 1. The van der Waals surface area contributed by atoms with Crippen molar-refractivity contribution in [3.63, 3.8) is 0 Å². The van der Waals surface area contributed by atoms with Crippen molar-refractivity contribution >= 4 is 11.6 Å². The van der Waals surface area contributed by atoms with Crippen molar-refractivity contribution in [1.82, 2.24) is 14.7 Å². The van der Waals surface area contributed by atoms with Crippen LogP contribution in [0.15, 0.2) is 66.9 Å². The lowest BCUT2D eigenvalue weighted by Gasteiger charge is -2.10. The summed E-state index contributed by atoms with van der Waals surface area (Å²) in [6.45, 7) is 4.07. The summed E-state index contributed by atoms with van der Waals surface area (Å²) in [5.74, 6) is 0.550. The van der Waals surface area contributed by atoms with Crippen molar-refractivity contribution in [1.29, 1.82) is 0 Å². The van der Waals surface area contributed by atoms with Crippen LogP contribution in [0.3, 0.4) is 0 Å². The van der Waals surface area contributed by atoms with Gasteiger partial charge in [-0.25, -0.2) is 4.98 Å². The third-order valence-corrected chi connectivity index (χ3v) is 4.96. The molecular formula is C24H20F3N3O2. The van der Waals surface area contributed by atoms with Crippen LogP contribution in [0.1, 0.15) is 32.9 Å². The Kier molecular flexibility index (Phi) is 5.61. The van der Waals surface area contributed by atoms with E-state index < -0.39 is 11.7 Å². The van der Waals surface area contributed by atoms with Gasteiger partial charge in [-0.3, -0.25) is 9.20 Å². The molecule has 2 aromatic heterocycles. The summed E-state index contributed by atoms with van der Waals surface area (Å²) in [7, 11) is 0. The summed E-state index contributed by atoms with van der Waals surface area (Å²) < 4.78 is 45.3. The van der Waals surface area contributed by atoms with E-state index in [2.05, 4.69) is 10.3 Å². The van der Waals surface area contributed by atoms with E-state index in [4.69, 9.17) is 4.74 Å². The Morgan fingerprint density at radius 1 is 1.00 bits per heavy atom. The van der Waals surface area contributed by atoms with E-state index in [1.807, 2.05) is 25.3 Å². The number of ether oxygens (including phenoxy) is 1. The highest BCUT2D eigenvalue weighted by Crippen LogP contribution is 2.31. The van der Waals surface area contributed by atoms with Crippen molar-refractivity contribution < 1.29 is 22.7 Å². The van der Waals surface area contributed by atoms with Crippen molar-refractivity contribution in [3.05, 3.63) is 94.9 Å². The number of nitrogens with one attached hydrogen (secondary N) is 1. The molecule has 5 nitrogen and oxygen atoms in total. The quantitative estimate of drug-likeness (QED) is 0.435. The summed E-state index contributed by atoms with van der Waals surface area (Å²) in [6.07, 6.45) is -2.56. The molecule has 1 N–H and O–H groups in total. The van der Waals surface area contributed by atoms with Gasteiger partial charge in [-0.15, -0.1) is 0 Å². The zero-order valence-electron chi connectivity index (χ0n) is 17.4. The first kappa shape index (κ1) is 21.4. The van der Waals surface area contributed by atoms with Crippen molar-refractivity contribution in [2.45, 2.75) is 26.6 Å². The SMILES string of the molecule is Cc1ccn2c(C(=O)NCc3ccc(Oc4ccc(C(F)(F)F)cc4)cc3)c(C)nc2c1. The van der Waals surface area contributed by atoms with E-state index in [0.29, 0.717) is 29.4 Å². The molecule has 0 radical (unpaired) electrons. The van der Waals surface area contributed by atoms with Gasteiger partial charge in [0.2, 0.25) is 0 Å². The maximum absolute atomic E-state index is 12.7. The predicted octanol–water partition coefficient (Wildman–Crippen LogP) is 5.69. The number of rotatable bonds is 5. The first-order valence-corrected chi connectivity index (χ1v) is 9.88. The third kappa shape index (κ3) is 4.59. The van der Waals surface area contributed by atoms with Crippen LogP contribution >= 0.6 is 0 Å². The van der Waals surface area contributed by atoms with E-state index in [-0.39, 0.29) is 5.91 Å². The van der Waals surface area contributed by atoms with Gasteiger partial charge in [0.1, 0.15) is 22.8 Å². The number of aromatic nitrogens is 2. The highest BCUT2D eigenvalue weighted by molar-refractivity contribution is 5.94. The molecule has 0 fully saturated rings. The van der Waals surface area contributed by atoms with Gasteiger partial charge in [0.25, 0.3) is 5.91 Å². The van der Waals surface area contributed by atoms with Gasteiger partial charge in [-0.2, -0.15) is 13.2 Å². The summed E-state index contributed by atoms with van der Waals surface area (Å²) >= 11 is 0. The van der Waals surface area contributed by atoms with Crippen LogP contribution in [0.25, 0.3) is 5.65 Å². The number of carbonyl (C=O) groups is 1. The van der Waals surface area contributed by atoms with E-state index in [1.165, 1.54) is 12.1 Å². The predicted molar refractivity (Wildman–Crippen MR) is 114 cm³/mol. The van der Waals surface area contributed by atoms with Crippen LogP contribution in [-0.2, 0) is 12.7 Å². The minimum Gasteiger partial charge on any atom is -0.457 e. The Morgan fingerprint density at radius 2 is 1.62 bits per heavy atom. The second-order valence-corrected chi connectivity index (χ2v) is 7.43. The molecule has 0 unspecified atom stereocenters. The fourth-order valence-electron chi connectivity index (χ4n) is 3.33. The zero-order valence-corrected chi connectivity index (χ0v) is 17.4. The van der Waals surface area contributed by atoms with Gasteiger partial charge in [0.05, 0.1) is 11.3 Å². The molecule has 32 heavy (non-hydrogen) atoms. The number of aryl methyl sites for hydroxylation is 2. The molecule has 0 aliphatic heterocycles. The van der Waals surface area contributed by atoms with Gasteiger partial charge in [-0.05, 0) is 73.5 Å². The number of benzene rings is 2. The van der Waals surface area contributed by atoms with Gasteiger partial charge < -0.3 is 10.1 Å². The van der Waals surface area contributed by atoms with E-state index >= 15 is 0 Å². The van der Waals surface area contributed by atoms with Gasteiger partial charge >= 0.3 is 6.18 Å². The number of nitrogens with zero attached hydrogens (tertiary/aromatic N) is 2. The first-order valence-electron chi connectivity index (χ1n) is 9.88. The highest BCUT2D eigenvalue weighted by atomic mass is 19.4. The fourth-order valence-corrected chi connectivity index (χ4v) is 3.33. The number of pyridine rings is 1. The van der Waals surface area contributed by atoms with Crippen LogP contribution in [-0.4, -0.2) is 15.3 Å². The smallest absolute Gasteiger partial charge is 0.416 e. The Bertz CT molecular complexity index is 1260. The van der Waals surface area contributed by atoms with E-state index in [1.54, 1.807) is 35.6 Å². The van der Waals surface area contributed by atoms with Gasteiger partial charge in [0, 0.05) is 12.7 Å². The average molecular weight is 439 g/mol. The second-order valence-electron chi connectivity index (χ2n) is 7.43. The number of carbonyl (C=O) groups excluding carboxylic acids is 1. The molecule has 0 atom stereocenters. The van der Waals surface area contributed by atoms with Crippen LogP contribution in [0, 0.1) is 13.8 Å². The Labute approximate surface area is 182 Å². The maximum Gasteiger partial charge on any atom is 0.416 e. The topological polar surface area (TPSA) is 55.6 Å². The molecule has 4 aromatic rings. The standard InChI is InChI=1S/C24H20F3N3O2/c1-15-11-12-30-21(13-15)29-16(2)22(30)23(31)28-14-17-3-7-19(8-4-17)32-20-9-5-18(6-10-20)24(25,26)27/h3-13H,14H2,1-2H3,(H,28,31). The third-order valence-electron chi connectivity index (χ3n) is 4.96. The summed E-state index contributed by atoms with van der Waals surface area (Å²) in [6, 6.07) is 15.3. The van der Waals surface area contributed by atoms with E-state index in [0.717, 1.165) is 28.9 Å². The highest BCUT2D eigenvalue weighted by Gasteiger charge is 2.30. The monoisotopic (exact) mass is 439 g/mol. The van der Waals surface area contributed by atoms with Crippen LogP contribution in [0.4, 0.5) is 13.2 Å². The molecule has 2 heterocycles. The summed E-state index contributed by atoms with van der Waals surface area (Å²) in [4.78, 5) is 17.2. The normalized spacial score (nSPS) is 11.5. The molecular weight excluding hydrogens is 419 g/mol. The number of imidazole rings is 1. The minimum atomic E-state index is -4.38. The number of hydrogen-bond donors (Lipinski definition) is 1. The number of hydrogen-bond acceptors (Lipinski definition) is 3. The molecule has 4 rings (SSSR count). The van der Waals surface area contributed by atoms with Crippen molar-refractivity contribution in [2.75, 3.05) is 0 Å². The molecule has 0 saturated carbocycles. The van der Waals surface area contributed by atoms with Crippen molar-refractivity contribution in [3.8, 4) is 11.5 Å². The average Bonchev–Trinajstić information content (AvgIpc) is 3.07. The first-order chi connectivity index (χ1) is 15.2. The lowest BCUT2D eigenvalue weighted by Crippen LogP contribution is -2.24. The molecule has 0 saturated heterocycles. The fraction of sp³-hybridized carbons (Fsp3) is 0.167. The van der Waals surface area contributed by atoms with Gasteiger partial charge in [0.15, 0.2) is 0 Å². The molecule has 0 bridgehead atoms. The molecule has 2 aromatic carbocycles. The molecule has 164 valence electrons. The summed E-state index contributed by atoms with van der Waals surface area (Å²) in [5.41, 5.74) is 3.04. The maximum atomic E-state index is 12.7. The van der Waals surface area contributed by atoms with Crippen LogP contribution in [0.5, 0.6) is 11.5 Å². The number of halogens is 3. The molecule has 0 aliphatic carbocycles. The zero-order chi connectivity index (χ0) is 22.9. The van der Waals surface area contributed by atoms with Crippen molar-refractivity contribution in [2.24, 2.45) is 0 Å². The van der Waals surface area contributed by atoms with E-state index in [9.17, 15) is 18.0 Å². The number of amides is 1. The molecule has 8 heteroatoms. The van der Waals surface area contributed by atoms with Gasteiger partial charge in [-0.1, -0.05) is 12.1 Å². The van der Waals surface area contributed by atoms with Crippen LogP contribution < -0.4 is 10.1 Å². The lowest BCUT2D eigenvalue weighted by atomic mass is 10.2. The number of alkyl halides is 3. The second kappa shape index (κ2) is 8.37. The minimum absolute atomic E-state index is 0.232. The summed E-state index contributed by atoms with van der Waals surface area (Å²) in [5, 5.41) is 2.89. The molecule has 0 aliphatic rings. The molecule has 0 spiro atoms. The lowest BCUT2D eigenvalue weighted by molar-refractivity contribution is -0.137. The largest absolute Gasteiger partial charge is 0.457 e. The molecule has 1 amide bonds. The Morgan fingerprint density at radius 3 is 2.25 bits per heavy atom. The Hall–Kier alpha value is -3.81. The van der Waals surface area contributed by atoms with Crippen LogP contribution in [0.2, 0.25) is 0 Å².